The van der Waals surface area contributed by atoms with Crippen LogP contribution in [-0.4, -0.2) is 64.7 Å². The highest BCUT2D eigenvalue weighted by Crippen LogP contribution is 2.37. The van der Waals surface area contributed by atoms with Crippen molar-refractivity contribution in [1.29, 1.82) is 0 Å². The molecule has 0 aromatic heterocycles. The summed E-state index contributed by atoms with van der Waals surface area (Å²) >= 11 is 13.3. The van der Waals surface area contributed by atoms with Gasteiger partial charge in [0.05, 0.1) is 12.0 Å². The third-order valence-corrected chi connectivity index (χ3v) is 9.43. The summed E-state index contributed by atoms with van der Waals surface area (Å²) in [5.74, 6) is -1.69. The van der Waals surface area contributed by atoms with Gasteiger partial charge < -0.3 is 14.9 Å². The fourth-order valence-corrected chi connectivity index (χ4v) is 6.94. The zero-order chi connectivity index (χ0) is 28.6. The van der Waals surface area contributed by atoms with Crippen molar-refractivity contribution >= 4 is 35.0 Å². The number of hydrogen-bond donors (Lipinski definition) is 1. The minimum absolute atomic E-state index is 0.0775. The normalized spacial score (nSPS) is 24.6. The average Bonchev–Trinajstić information content (AvgIpc) is 3.30. The van der Waals surface area contributed by atoms with Gasteiger partial charge in [-0.1, -0.05) is 35.3 Å². The number of hydrogen-bond acceptors (Lipinski definition) is 3. The van der Waals surface area contributed by atoms with Crippen molar-refractivity contribution < 1.29 is 27.9 Å². The molecule has 1 saturated carbocycles. The molecule has 2 saturated heterocycles. The Morgan fingerprint density at radius 3 is 2.05 bits per heavy atom. The van der Waals surface area contributed by atoms with E-state index in [1.807, 2.05) is 4.90 Å². The number of benzene rings is 2. The van der Waals surface area contributed by atoms with Crippen LogP contribution in [0, 0.1) is 11.8 Å². The summed E-state index contributed by atoms with van der Waals surface area (Å²) in [7, 11) is 0. The van der Waals surface area contributed by atoms with Crippen LogP contribution in [0.2, 0.25) is 10.0 Å². The van der Waals surface area contributed by atoms with E-state index in [1.54, 1.807) is 36.4 Å². The quantitative estimate of drug-likeness (QED) is 0.414. The third-order valence-electron chi connectivity index (χ3n) is 8.76. The largest absolute Gasteiger partial charge is 0.393 e. The minimum atomic E-state index is -4.22. The van der Waals surface area contributed by atoms with Gasteiger partial charge in [0.1, 0.15) is 0 Å². The molecule has 5 nitrogen and oxygen atoms in total. The zero-order valence-corrected chi connectivity index (χ0v) is 23.6. The van der Waals surface area contributed by atoms with Crippen LogP contribution in [0.5, 0.6) is 0 Å². The number of likely N-dealkylation sites (tertiary alicyclic amines) is 2. The molecule has 2 aromatic rings. The van der Waals surface area contributed by atoms with Crippen molar-refractivity contribution in [2.75, 3.05) is 19.6 Å². The molecule has 0 radical (unpaired) electrons. The van der Waals surface area contributed by atoms with E-state index in [0.717, 1.165) is 48.8 Å². The minimum Gasteiger partial charge on any atom is -0.393 e. The maximum atomic E-state index is 13.2. The summed E-state index contributed by atoms with van der Waals surface area (Å²) in [4.78, 5) is 29.4. The molecule has 1 atom stereocenters. The molecule has 3 fully saturated rings. The summed E-state index contributed by atoms with van der Waals surface area (Å²) in [5, 5.41) is 10.7. The Morgan fingerprint density at radius 1 is 0.875 bits per heavy atom. The average molecular weight is 598 g/mol. The van der Waals surface area contributed by atoms with Crippen molar-refractivity contribution in [3.05, 3.63) is 57.6 Å². The summed E-state index contributed by atoms with van der Waals surface area (Å²) in [6, 6.07) is 10.7. The molecule has 2 amide bonds. The molecule has 2 aromatic carbocycles. The van der Waals surface area contributed by atoms with Gasteiger partial charge in [-0.15, -0.1) is 0 Å². The van der Waals surface area contributed by atoms with Crippen LogP contribution in [0.4, 0.5) is 13.2 Å². The zero-order valence-electron chi connectivity index (χ0n) is 22.1. The van der Waals surface area contributed by atoms with Gasteiger partial charge >= 0.3 is 6.18 Å². The fourth-order valence-electron chi connectivity index (χ4n) is 6.29. The van der Waals surface area contributed by atoms with Crippen molar-refractivity contribution in [3.8, 4) is 11.1 Å². The number of piperidine rings is 1. The molecule has 1 N–H and O–H groups in total. The number of halogens is 5. The van der Waals surface area contributed by atoms with Crippen molar-refractivity contribution in [1.82, 2.24) is 9.80 Å². The molecule has 0 spiro atoms. The molecule has 1 aliphatic carbocycles. The van der Waals surface area contributed by atoms with Gasteiger partial charge in [0.15, 0.2) is 0 Å². The lowest BCUT2D eigenvalue weighted by molar-refractivity contribution is -0.183. The number of amides is 2. The number of carbonyl (C=O) groups excluding carboxylic acids is 2. The van der Waals surface area contributed by atoms with Gasteiger partial charge in [-0.2, -0.15) is 13.2 Å². The Morgan fingerprint density at radius 2 is 1.48 bits per heavy atom. The lowest BCUT2D eigenvalue weighted by Crippen LogP contribution is -2.42. The maximum Gasteiger partial charge on any atom is 0.391 e. The molecule has 10 heteroatoms. The standard InChI is InChI=1S/C30H33Cl2F3N2O3/c31-26-16-21(18-1-3-19(4-2-18)28(39)36-12-10-22(11-13-36)30(33,34)35)17-27(32)25(26)15-20-9-14-37(29(20)40)23-5-7-24(38)8-6-23/h1-4,16-17,20,22-24,38H,5-15H2/t20-,23-,24-/m0/s1. The maximum absolute atomic E-state index is 13.2. The first kappa shape index (κ1) is 29.2. The van der Waals surface area contributed by atoms with E-state index in [4.69, 9.17) is 23.2 Å². The van der Waals surface area contributed by atoms with Gasteiger partial charge in [-0.3, -0.25) is 9.59 Å². The number of rotatable bonds is 5. The number of nitrogens with zero attached hydrogens (tertiary/aromatic N) is 2. The van der Waals surface area contributed by atoms with E-state index in [2.05, 4.69) is 0 Å². The van der Waals surface area contributed by atoms with E-state index >= 15 is 0 Å². The topological polar surface area (TPSA) is 60.9 Å². The first-order valence-electron chi connectivity index (χ1n) is 13.9. The summed E-state index contributed by atoms with van der Waals surface area (Å²) in [5.41, 5.74) is 2.72. The predicted molar refractivity (Wildman–Crippen MR) is 148 cm³/mol. The molecular weight excluding hydrogens is 564 g/mol. The van der Waals surface area contributed by atoms with E-state index in [-0.39, 0.29) is 55.8 Å². The van der Waals surface area contributed by atoms with E-state index < -0.39 is 12.1 Å². The predicted octanol–water partition coefficient (Wildman–Crippen LogP) is 6.77. The van der Waals surface area contributed by atoms with Crippen molar-refractivity contribution in [3.63, 3.8) is 0 Å². The summed E-state index contributed by atoms with van der Waals surface area (Å²) in [6.45, 7) is 0.883. The molecule has 0 unspecified atom stereocenters. The molecule has 2 aliphatic heterocycles. The monoisotopic (exact) mass is 596 g/mol. The first-order chi connectivity index (χ1) is 19.0. The van der Waals surface area contributed by atoms with Gasteiger partial charge in [-0.05, 0) is 92.3 Å². The van der Waals surface area contributed by atoms with Gasteiger partial charge in [-0.25, -0.2) is 0 Å². The van der Waals surface area contributed by atoms with Crippen LogP contribution < -0.4 is 0 Å². The van der Waals surface area contributed by atoms with Crippen LogP contribution in [0.25, 0.3) is 11.1 Å². The highest BCUT2D eigenvalue weighted by Gasteiger charge is 2.42. The van der Waals surface area contributed by atoms with Crippen LogP contribution >= 0.6 is 23.2 Å². The third kappa shape index (κ3) is 6.29. The summed E-state index contributed by atoms with van der Waals surface area (Å²) < 4.78 is 38.8. The molecule has 216 valence electrons. The van der Waals surface area contributed by atoms with E-state index in [0.29, 0.717) is 28.6 Å². The van der Waals surface area contributed by atoms with E-state index in [9.17, 15) is 27.9 Å². The van der Waals surface area contributed by atoms with Crippen LogP contribution in [0.15, 0.2) is 36.4 Å². The van der Waals surface area contributed by atoms with Crippen LogP contribution in [-0.2, 0) is 11.2 Å². The molecule has 40 heavy (non-hydrogen) atoms. The highest BCUT2D eigenvalue weighted by atomic mass is 35.5. The number of alkyl halides is 3. The Kier molecular flexibility index (Phi) is 8.69. The first-order valence-corrected chi connectivity index (χ1v) is 14.7. The lowest BCUT2D eigenvalue weighted by atomic mass is 9.92. The Balaban J connectivity index is 1.22. The molecule has 5 rings (SSSR count). The second-order valence-electron chi connectivity index (χ2n) is 11.3. The van der Waals surface area contributed by atoms with Gasteiger partial charge in [0.2, 0.25) is 5.91 Å². The second kappa shape index (κ2) is 11.9. The molecule has 3 aliphatic rings. The molecular formula is C30H33Cl2F3N2O3. The Labute approximate surface area is 242 Å². The highest BCUT2D eigenvalue weighted by molar-refractivity contribution is 6.36. The smallest absolute Gasteiger partial charge is 0.391 e. The lowest BCUT2D eigenvalue weighted by Gasteiger charge is -2.33. The number of carbonyl (C=O) groups is 2. The summed E-state index contributed by atoms with van der Waals surface area (Å²) in [6.07, 6.45) is -0.311. The van der Waals surface area contributed by atoms with Crippen molar-refractivity contribution in [2.24, 2.45) is 11.8 Å². The van der Waals surface area contributed by atoms with Crippen molar-refractivity contribution in [2.45, 2.75) is 69.7 Å². The van der Waals surface area contributed by atoms with Crippen LogP contribution in [0.3, 0.4) is 0 Å². The molecule has 2 heterocycles. The molecule has 0 bridgehead atoms. The van der Waals surface area contributed by atoms with Gasteiger partial charge in [0.25, 0.3) is 5.91 Å². The van der Waals surface area contributed by atoms with Gasteiger partial charge in [0, 0.05) is 47.2 Å². The van der Waals surface area contributed by atoms with Crippen LogP contribution in [0.1, 0.15) is 60.9 Å². The SMILES string of the molecule is O=C(c1ccc(-c2cc(Cl)c(C[C@@H]3CCN([C@H]4CC[C@H](O)CC4)C3=O)c(Cl)c2)cc1)N1CCC(C(F)(F)F)CC1. The second-order valence-corrected chi connectivity index (χ2v) is 12.1. The Bertz CT molecular complexity index is 1210. The number of aliphatic hydroxyl groups excluding tert-OH is 1. The fraction of sp³-hybridized carbons (Fsp3) is 0.533. The van der Waals surface area contributed by atoms with E-state index in [1.165, 1.54) is 4.90 Å². The number of aliphatic hydroxyl groups is 1. The Hall–Kier alpha value is -2.29.